The van der Waals surface area contributed by atoms with Crippen LogP contribution in [-0.2, 0) is 16.4 Å². The molecule has 1 N–H and O–H groups in total. The van der Waals surface area contributed by atoms with Crippen LogP contribution in [0.3, 0.4) is 0 Å². The van der Waals surface area contributed by atoms with Crippen LogP contribution in [-0.4, -0.2) is 27.0 Å². The van der Waals surface area contributed by atoms with E-state index in [1.54, 1.807) is 0 Å². The highest BCUT2D eigenvalue weighted by molar-refractivity contribution is 14.1. The minimum atomic E-state index is -2.83. The second-order valence-corrected chi connectivity index (χ2v) is 6.69. The second kappa shape index (κ2) is 5.86. The van der Waals surface area contributed by atoms with Gasteiger partial charge >= 0.3 is 0 Å². The van der Waals surface area contributed by atoms with Gasteiger partial charge in [0.25, 0.3) is 0 Å². The van der Waals surface area contributed by atoms with E-state index in [4.69, 9.17) is 4.42 Å². The number of halogens is 1. The van der Waals surface area contributed by atoms with Crippen LogP contribution in [0.5, 0.6) is 0 Å². The quantitative estimate of drug-likeness (QED) is 0.627. The minimum Gasteiger partial charge on any atom is -0.454 e. The summed E-state index contributed by atoms with van der Waals surface area (Å²) in [7, 11) is -2.83. The van der Waals surface area contributed by atoms with E-state index >= 15 is 0 Å². The van der Waals surface area contributed by atoms with Gasteiger partial charge in [0.1, 0.15) is 15.6 Å². The number of nitrogens with one attached hydrogen (secondary N) is 1. The lowest BCUT2D eigenvalue weighted by Crippen LogP contribution is -2.17. The highest BCUT2D eigenvalue weighted by Gasteiger charge is 2.02. The first-order chi connectivity index (χ1) is 6.97. The van der Waals surface area contributed by atoms with Crippen LogP contribution in [0.1, 0.15) is 12.2 Å². The van der Waals surface area contributed by atoms with Crippen molar-refractivity contribution < 1.29 is 12.8 Å². The van der Waals surface area contributed by atoms with Gasteiger partial charge in [0.15, 0.2) is 3.77 Å². The molecule has 0 aliphatic carbocycles. The molecule has 0 atom stereocenters. The third-order valence-electron chi connectivity index (χ3n) is 1.80. The van der Waals surface area contributed by atoms with Crippen molar-refractivity contribution in [1.82, 2.24) is 5.32 Å². The first-order valence-electron chi connectivity index (χ1n) is 4.60. The average molecular weight is 343 g/mol. The Morgan fingerprint density at radius 1 is 1.47 bits per heavy atom. The molecule has 0 fully saturated rings. The minimum absolute atomic E-state index is 0.232. The van der Waals surface area contributed by atoms with Crippen LogP contribution in [0, 0.1) is 3.77 Å². The van der Waals surface area contributed by atoms with Gasteiger partial charge in [-0.15, -0.1) is 0 Å². The second-order valence-electron chi connectivity index (χ2n) is 3.37. The molecule has 6 heteroatoms. The Balaban J connectivity index is 2.12. The van der Waals surface area contributed by atoms with Crippen molar-refractivity contribution in [3.63, 3.8) is 0 Å². The van der Waals surface area contributed by atoms with E-state index < -0.39 is 9.84 Å². The van der Waals surface area contributed by atoms with Crippen molar-refractivity contribution in [2.24, 2.45) is 0 Å². The normalized spacial score (nSPS) is 11.9. The van der Waals surface area contributed by atoms with Crippen molar-refractivity contribution in [2.45, 2.75) is 13.0 Å². The summed E-state index contributed by atoms with van der Waals surface area (Å²) in [6.45, 7) is 1.33. The van der Waals surface area contributed by atoms with E-state index in [1.807, 2.05) is 12.1 Å². The standard InChI is InChI=1S/C9H14INO3S/c1-15(12,13)6-2-5-11-7-8-3-4-9(10)14-8/h3-4,11H,2,5-7H2,1H3. The summed E-state index contributed by atoms with van der Waals surface area (Å²) in [5.74, 6) is 1.11. The molecule has 4 nitrogen and oxygen atoms in total. The summed E-state index contributed by atoms with van der Waals surface area (Å²) in [5, 5.41) is 3.13. The summed E-state index contributed by atoms with van der Waals surface area (Å²) < 4.78 is 27.8. The fourth-order valence-electron chi connectivity index (χ4n) is 1.12. The Morgan fingerprint density at radius 2 is 2.20 bits per heavy atom. The molecule has 15 heavy (non-hydrogen) atoms. The fraction of sp³-hybridized carbons (Fsp3) is 0.556. The lowest BCUT2D eigenvalue weighted by atomic mass is 10.4. The molecule has 1 heterocycles. The average Bonchev–Trinajstić information content (AvgIpc) is 2.49. The Bertz CT molecular complexity index is 399. The van der Waals surface area contributed by atoms with Crippen LogP contribution in [0.15, 0.2) is 16.5 Å². The van der Waals surface area contributed by atoms with Gasteiger partial charge in [-0.1, -0.05) is 0 Å². The van der Waals surface area contributed by atoms with E-state index in [0.717, 1.165) is 9.53 Å². The van der Waals surface area contributed by atoms with Crippen molar-refractivity contribution in [3.05, 3.63) is 21.7 Å². The molecule has 0 radical (unpaired) electrons. The molecule has 0 spiro atoms. The SMILES string of the molecule is CS(=O)(=O)CCCNCc1ccc(I)o1. The largest absolute Gasteiger partial charge is 0.454 e. The molecule has 0 aromatic carbocycles. The smallest absolute Gasteiger partial charge is 0.164 e. The maximum atomic E-state index is 10.8. The van der Waals surface area contributed by atoms with Crippen LogP contribution in [0.25, 0.3) is 0 Å². The molecule has 0 aliphatic heterocycles. The van der Waals surface area contributed by atoms with E-state index in [9.17, 15) is 8.42 Å². The predicted octanol–water partition coefficient (Wildman–Crippen LogP) is 1.41. The lowest BCUT2D eigenvalue weighted by Gasteiger charge is -2.01. The summed E-state index contributed by atoms with van der Waals surface area (Å²) in [4.78, 5) is 0. The first-order valence-corrected chi connectivity index (χ1v) is 7.74. The van der Waals surface area contributed by atoms with Crippen LogP contribution in [0.2, 0.25) is 0 Å². The lowest BCUT2D eigenvalue weighted by molar-refractivity contribution is 0.463. The first kappa shape index (κ1) is 13.0. The van der Waals surface area contributed by atoms with Crippen molar-refractivity contribution in [3.8, 4) is 0 Å². The molecule has 0 amide bonds. The number of furan rings is 1. The maximum Gasteiger partial charge on any atom is 0.164 e. The van der Waals surface area contributed by atoms with Gasteiger partial charge < -0.3 is 9.73 Å². The van der Waals surface area contributed by atoms with E-state index in [1.165, 1.54) is 6.26 Å². The van der Waals surface area contributed by atoms with Crippen LogP contribution in [0.4, 0.5) is 0 Å². The summed E-state index contributed by atoms with van der Waals surface area (Å²) >= 11 is 2.11. The van der Waals surface area contributed by atoms with Gasteiger partial charge in [0.05, 0.1) is 12.3 Å². The van der Waals surface area contributed by atoms with Crippen LogP contribution < -0.4 is 5.32 Å². The maximum absolute atomic E-state index is 10.8. The monoisotopic (exact) mass is 343 g/mol. The Kier molecular flexibility index (Phi) is 5.07. The van der Waals surface area contributed by atoms with Gasteiger partial charge in [-0.05, 0) is 47.7 Å². The van der Waals surface area contributed by atoms with Gasteiger partial charge in [-0.2, -0.15) is 0 Å². The molecule has 86 valence electrons. The number of hydrogen-bond acceptors (Lipinski definition) is 4. The van der Waals surface area contributed by atoms with Gasteiger partial charge in [-0.3, -0.25) is 0 Å². The fourth-order valence-corrected chi connectivity index (χ4v) is 2.25. The van der Waals surface area contributed by atoms with Gasteiger partial charge in [0, 0.05) is 6.26 Å². The molecule has 0 saturated heterocycles. The highest BCUT2D eigenvalue weighted by Crippen LogP contribution is 2.09. The summed E-state index contributed by atoms with van der Waals surface area (Å²) in [6, 6.07) is 3.80. The third kappa shape index (κ3) is 6.16. The van der Waals surface area contributed by atoms with E-state index in [0.29, 0.717) is 19.5 Å². The summed E-state index contributed by atoms with van der Waals surface area (Å²) in [5.41, 5.74) is 0. The van der Waals surface area contributed by atoms with Crippen LogP contribution >= 0.6 is 22.6 Å². The zero-order chi connectivity index (χ0) is 11.3. The number of rotatable bonds is 6. The molecule has 0 bridgehead atoms. The number of sulfone groups is 1. The Hall–Kier alpha value is -0.0800. The molecular weight excluding hydrogens is 329 g/mol. The zero-order valence-corrected chi connectivity index (χ0v) is 11.5. The molecule has 0 saturated carbocycles. The Morgan fingerprint density at radius 3 is 2.73 bits per heavy atom. The van der Waals surface area contributed by atoms with Crippen molar-refractivity contribution >= 4 is 32.4 Å². The zero-order valence-electron chi connectivity index (χ0n) is 8.49. The van der Waals surface area contributed by atoms with Crippen molar-refractivity contribution in [2.75, 3.05) is 18.6 Å². The molecule has 1 rings (SSSR count). The number of hydrogen-bond donors (Lipinski definition) is 1. The van der Waals surface area contributed by atoms with Gasteiger partial charge in [-0.25, -0.2) is 8.42 Å². The van der Waals surface area contributed by atoms with Crippen molar-refractivity contribution in [1.29, 1.82) is 0 Å². The third-order valence-corrected chi connectivity index (χ3v) is 3.41. The summed E-state index contributed by atoms with van der Waals surface area (Å²) in [6.07, 6.45) is 1.89. The molecular formula is C9H14INO3S. The molecule has 1 aromatic heterocycles. The predicted molar refractivity (Wildman–Crippen MR) is 67.5 cm³/mol. The molecule has 0 aliphatic rings. The Labute approximate surface area is 103 Å². The highest BCUT2D eigenvalue weighted by atomic mass is 127. The molecule has 1 aromatic rings. The molecule has 0 unspecified atom stereocenters. The van der Waals surface area contributed by atoms with E-state index in [-0.39, 0.29) is 5.75 Å². The van der Waals surface area contributed by atoms with Gasteiger partial charge in [0.2, 0.25) is 0 Å². The van der Waals surface area contributed by atoms with E-state index in [2.05, 4.69) is 27.9 Å². The topological polar surface area (TPSA) is 59.3 Å².